The molecule has 0 spiro atoms. The Morgan fingerprint density at radius 2 is 2.12 bits per heavy atom. The lowest BCUT2D eigenvalue weighted by Gasteiger charge is -2.28. The van der Waals surface area contributed by atoms with Crippen molar-refractivity contribution in [1.82, 2.24) is 5.32 Å². The van der Waals surface area contributed by atoms with E-state index < -0.39 is 5.97 Å². The van der Waals surface area contributed by atoms with Gasteiger partial charge in [-0.3, -0.25) is 9.59 Å². The van der Waals surface area contributed by atoms with Gasteiger partial charge in [0.1, 0.15) is 0 Å². The fourth-order valence-corrected chi connectivity index (χ4v) is 3.69. The molecule has 0 bridgehead atoms. The van der Waals surface area contributed by atoms with Crippen molar-refractivity contribution < 1.29 is 14.7 Å². The molecule has 1 unspecified atom stereocenters. The number of carboxylic acids is 1. The Kier molecular flexibility index (Phi) is 4.43. The number of nitrogens with one attached hydrogen (secondary N) is 2. The average molecular weight is 328 g/mol. The maximum atomic E-state index is 11.7. The first-order chi connectivity index (χ1) is 11.4. The number of carbonyl (C=O) groups excluding carboxylic acids is 1. The predicted octanol–water partition coefficient (Wildman–Crippen LogP) is 3.13. The standard InChI is InChI=1S/C19H24N2O3/c1-19-10-13-9-12(5-6-14(13)18(20)15(19)11-19)7-8-21-16(22)3-2-4-17(23)24/h9,11,20H,2-8,10H2,1H3,(H,21,22)(H,23,24). The molecule has 0 aromatic heterocycles. The number of carbonyl (C=O) groups is 2. The Labute approximate surface area is 142 Å². The third kappa shape index (κ3) is 3.50. The minimum absolute atomic E-state index is 0.0379. The highest BCUT2D eigenvalue weighted by atomic mass is 16.4. The monoisotopic (exact) mass is 328 g/mol. The van der Waals surface area contributed by atoms with Crippen molar-refractivity contribution in [1.29, 1.82) is 5.41 Å². The molecule has 3 aliphatic carbocycles. The van der Waals surface area contributed by atoms with Gasteiger partial charge in [-0.05, 0) is 48.8 Å². The van der Waals surface area contributed by atoms with Crippen molar-refractivity contribution >= 4 is 17.6 Å². The number of rotatable bonds is 7. The molecule has 1 atom stereocenters. The van der Waals surface area contributed by atoms with Crippen LogP contribution in [0.3, 0.4) is 0 Å². The molecule has 0 aliphatic heterocycles. The third-order valence-electron chi connectivity index (χ3n) is 5.15. The van der Waals surface area contributed by atoms with Crippen LogP contribution in [0.4, 0.5) is 0 Å². The molecule has 0 radical (unpaired) electrons. The van der Waals surface area contributed by atoms with Crippen LogP contribution in [0.1, 0.15) is 51.9 Å². The van der Waals surface area contributed by atoms with E-state index in [1.165, 1.54) is 22.3 Å². The Bertz CT molecular complexity index is 699. The van der Waals surface area contributed by atoms with Crippen molar-refractivity contribution in [2.24, 2.45) is 5.41 Å². The normalized spacial score (nSPS) is 24.6. The minimum atomic E-state index is -0.862. The molecule has 0 fully saturated rings. The Morgan fingerprint density at radius 3 is 2.88 bits per heavy atom. The van der Waals surface area contributed by atoms with Gasteiger partial charge >= 0.3 is 5.97 Å². The van der Waals surface area contributed by atoms with Gasteiger partial charge in [0.15, 0.2) is 0 Å². The fraction of sp³-hybridized carbons (Fsp3) is 0.526. The largest absolute Gasteiger partial charge is 0.481 e. The summed E-state index contributed by atoms with van der Waals surface area (Å²) in [7, 11) is 0. The summed E-state index contributed by atoms with van der Waals surface area (Å²) in [4.78, 5) is 22.1. The molecule has 0 saturated carbocycles. The van der Waals surface area contributed by atoms with Crippen molar-refractivity contribution in [2.45, 2.75) is 51.9 Å². The van der Waals surface area contributed by atoms with E-state index in [9.17, 15) is 9.59 Å². The highest BCUT2D eigenvalue weighted by molar-refractivity contribution is 6.16. The summed E-state index contributed by atoms with van der Waals surface area (Å²) in [5.74, 6) is -0.939. The summed E-state index contributed by atoms with van der Waals surface area (Å²) in [6.07, 6.45) is 8.85. The van der Waals surface area contributed by atoms with E-state index in [2.05, 4.69) is 24.4 Å². The molecule has 0 saturated heterocycles. The van der Waals surface area contributed by atoms with E-state index in [4.69, 9.17) is 10.5 Å². The second-order valence-corrected chi connectivity index (χ2v) is 7.18. The lowest BCUT2D eigenvalue weighted by Crippen LogP contribution is -2.25. The van der Waals surface area contributed by atoms with Gasteiger partial charge in [-0.1, -0.05) is 24.6 Å². The van der Waals surface area contributed by atoms with Crippen LogP contribution in [-0.2, 0) is 9.59 Å². The lowest BCUT2D eigenvalue weighted by molar-refractivity contribution is -0.137. The second kappa shape index (κ2) is 6.38. The molecule has 0 heterocycles. The average Bonchev–Trinajstić information content (AvgIpc) is 3.19. The zero-order chi connectivity index (χ0) is 17.3. The van der Waals surface area contributed by atoms with E-state index in [-0.39, 0.29) is 24.2 Å². The molecule has 3 aliphatic rings. The summed E-state index contributed by atoms with van der Waals surface area (Å²) in [5.41, 5.74) is 5.91. The van der Waals surface area contributed by atoms with Crippen LogP contribution in [0.25, 0.3) is 0 Å². The second-order valence-electron chi connectivity index (χ2n) is 7.18. The summed E-state index contributed by atoms with van der Waals surface area (Å²) >= 11 is 0. The van der Waals surface area contributed by atoms with Crippen LogP contribution in [0.15, 0.2) is 34.4 Å². The van der Waals surface area contributed by atoms with Crippen LogP contribution in [0, 0.1) is 10.8 Å². The first-order valence-electron chi connectivity index (χ1n) is 8.61. The third-order valence-corrected chi connectivity index (χ3v) is 5.15. The topological polar surface area (TPSA) is 90.3 Å². The van der Waals surface area contributed by atoms with E-state index >= 15 is 0 Å². The molecule has 5 nitrogen and oxygen atoms in total. The zero-order valence-electron chi connectivity index (χ0n) is 14.1. The Hall–Kier alpha value is -2.17. The molecule has 1 amide bonds. The number of amides is 1. The van der Waals surface area contributed by atoms with Crippen molar-refractivity contribution in [3.05, 3.63) is 34.4 Å². The fourth-order valence-electron chi connectivity index (χ4n) is 3.69. The Balaban J connectivity index is 1.47. The van der Waals surface area contributed by atoms with E-state index in [1.807, 2.05) is 0 Å². The molecule has 0 aromatic rings. The zero-order valence-corrected chi connectivity index (χ0v) is 14.1. The number of hydrogen-bond donors (Lipinski definition) is 3. The van der Waals surface area contributed by atoms with Gasteiger partial charge in [-0.2, -0.15) is 0 Å². The van der Waals surface area contributed by atoms with Gasteiger partial charge in [-0.15, -0.1) is 0 Å². The van der Waals surface area contributed by atoms with E-state index in [0.29, 0.717) is 13.0 Å². The molecule has 0 aromatic carbocycles. The van der Waals surface area contributed by atoms with Crippen LogP contribution in [-0.4, -0.2) is 29.2 Å². The lowest BCUT2D eigenvalue weighted by atomic mass is 9.76. The first kappa shape index (κ1) is 16.7. The van der Waals surface area contributed by atoms with Crippen molar-refractivity contribution in [2.75, 3.05) is 6.54 Å². The van der Waals surface area contributed by atoms with Crippen LogP contribution in [0.2, 0.25) is 0 Å². The maximum absolute atomic E-state index is 11.7. The summed E-state index contributed by atoms with van der Waals surface area (Å²) in [6.45, 7) is 2.79. The maximum Gasteiger partial charge on any atom is 0.303 e. The van der Waals surface area contributed by atoms with Gasteiger partial charge in [0, 0.05) is 24.8 Å². The summed E-state index contributed by atoms with van der Waals surface area (Å²) < 4.78 is 0. The quantitative estimate of drug-likeness (QED) is 0.670. The highest BCUT2D eigenvalue weighted by Gasteiger charge is 2.46. The van der Waals surface area contributed by atoms with E-state index in [1.54, 1.807) is 0 Å². The SMILES string of the molecule is CC12C=C1C(=N)C1=C(C=C(CCNC(=O)CCCC(=O)O)CC1)C2. The van der Waals surface area contributed by atoms with Gasteiger partial charge in [0.2, 0.25) is 5.91 Å². The van der Waals surface area contributed by atoms with Gasteiger partial charge in [0.25, 0.3) is 0 Å². The van der Waals surface area contributed by atoms with Crippen LogP contribution < -0.4 is 5.32 Å². The predicted molar refractivity (Wildman–Crippen MR) is 92.0 cm³/mol. The van der Waals surface area contributed by atoms with E-state index in [0.717, 1.165) is 31.4 Å². The first-order valence-corrected chi connectivity index (χ1v) is 8.61. The van der Waals surface area contributed by atoms with Crippen molar-refractivity contribution in [3.8, 4) is 0 Å². The smallest absolute Gasteiger partial charge is 0.303 e. The number of carboxylic acid groups (broad SMARTS) is 1. The number of allylic oxidation sites excluding steroid dienone is 5. The van der Waals surface area contributed by atoms with Crippen molar-refractivity contribution in [3.63, 3.8) is 0 Å². The molecule has 3 N–H and O–H groups in total. The highest BCUT2D eigenvalue weighted by Crippen LogP contribution is 2.55. The summed E-state index contributed by atoms with van der Waals surface area (Å²) in [5, 5.41) is 19.7. The minimum Gasteiger partial charge on any atom is -0.481 e. The van der Waals surface area contributed by atoms with Crippen LogP contribution >= 0.6 is 0 Å². The number of hydrogen-bond acceptors (Lipinski definition) is 3. The molecule has 24 heavy (non-hydrogen) atoms. The number of aliphatic carboxylic acids is 1. The summed E-state index contributed by atoms with van der Waals surface area (Å²) in [6, 6.07) is 0. The Morgan fingerprint density at radius 1 is 1.33 bits per heavy atom. The molecular formula is C19H24N2O3. The molecular weight excluding hydrogens is 304 g/mol. The van der Waals surface area contributed by atoms with Gasteiger partial charge in [0.05, 0.1) is 5.71 Å². The molecule has 5 heteroatoms. The molecule has 128 valence electrons. The van der Waals surface area contributed by atoms with Gasteiger partial charge < -0.3 is 15.8 Å². The molecule has 3 rings (SSSR count). The number of fused-ring (bicyclic) bond motifs is 1. The van der Waals surface area contributed by atoms with Crippen LogP contribution in [0.5, 0.6) is 0 Å². The van der Waals surface area contributed by atoms with Gasteiger partial charge in [-0.25, -0.2) is 0 Å².